The Morgan fingerprint density at radius 1 is 1.04 bits per heavy atom. The first-order valence-corrected chi connectivity index (χ1v) is 7.44. The summed E-state index contributed by atoms with van der Waals surface area (Å²) in [4.78, 5) is 15.9. The van der Waals surface area contributed by atoms with Crippen LogP contribution in [0.1, 0.15) is 11.6 Å². The lowest BCUT2D eigenvalue weighted by Gasteiger charge is -2.21. The van der Waals surface area contributed by atoms with Gasteiger partial charge in [-0.15, -0.1) is 0 Å². The van der Waals surface area contributed by atoms with Gasteiger partial charge in [0.05, 0.1) is 24.9 Å². The SMILES string of the molecule is c1ccc([C@@H](Cn2ccnc2)n2ccnc2-c2cnc[nH]2)cc1. The number of aromatic amines is 1. The van der Waals surface area contributed by atoms with Crippen LogP contribution >= 0.6 is 0 Å². The molecule has 3 heterocycles. The number of benzene rings is 1. The minimum absolute atomic E-state index is 0.117. The lowest BCUT2D eigenvalue weighted by Crippen LogP contribution is -2.17. The van der Waals surface area contributed by atoms with Crippen molar-refractivity contribution < 1.29 is 0 Å². The van der Waals surface area contributed by atoms with Gasteiger partial charge in [-0.2, -0.15) is 0 Å². The van der Waals surface area contributed by atoms with E-state index in [1.807, 2.05) is 31.0 Å². The number of hydrogen-bond acceptors (Lipinski definition) is 3. The molecule has 0 spiro atoms. The van der Waals surface area contributed by atoms with E-state index < -0.39 is 0 Å². The van der Waals surface area contributed by atoms with Gasteiger partial charge in [-0.3, -0.25) is 0 Å². The summed E-state index contributed by atoms with van der Waals surface area (Å²) in [5.74, 6) is 0.872. The third kappa shape index (κ3) is 2.66. The monoisotopic (exact) mass is 304 g/mol. The molecule has 0 aliphatic carbocycles. The number of nitrogens with one attached hydrogen (secondary N) is 1. The fourth-order valence-corrected chi connectivity index (χ4v) is 2.77. The van der Waals surface area contributed by atoms with Gasteiger partial charge in [0.25, 0.3) is 0 Å². The first-order valence-electron chi connectivity index (χ1n) is 7.44. The lowest BCUT2D eigenvalue weighted by molar-refractivity contribution is 0.496. The molecule has 0 radical (unpaired) electrons. The average molecular weight is 304 g/mol. The van der Waals surface area contributed by atoms with Crippen LogP contribution in [0.2, 0.25) is 0 Å². The summed E-state index contributed by atoms with van der Waals surface area (Å²) in [6.45, 7) is 0.779. The molecular formula is C17H16N6. The fourth-order valence-electron chi connectivity index (χ4n) is 2.77. The Morgan fingerprint density at radius 2 is 1.96 bits per heavy atom. The molecule has 1 N–H and O–H groups in total. The van der Waals surface area contributed by atoms with Crippen LogP contribution in [0.5, 0.6) is 0 Å². The van der Waals surface area contributed by atoms with Gasteiger partial charge in [-0.05, 0) is 5.56 Å². The zero-order valence-electron chi connectivity index (χ0n) is 12.4. The van der Waals surface area contributed by atoms with Gasteiger partial charge in [0.15, 0.2) is 5.82 Å². The third-order valence-electron chi connectivity index (χ3n) is 3.87. The van der Waals surface area contributed by atoms with Gasteiger partial charge in [0.2, 0.25) is 0 Å². The summed E-state index contributed by atoms with van der Waals surface area (Å²) < 4.78 is 4.25. The molecule has 4 aromatic rings. The molecule has 114 valence electrons. The van der Waals surface area contributed by atoms with Crippen LogP contribution in [0.15, 0.2) is 74.0 Å². The highest BCUT2D eigenvalue weighted by molar-refractivity contribution is 5.48. The van der Waals surface area contributed by atoms with Crippen molar-refractivity contribution in [3.8, 4) is 11.5 Å². The standard InChI is InChI=1S/C17H16N6/c1-2-4-14(5-3-1)16(11-22-8-6-18-13-22)23-9-7-20-17(23)15-10-19-12-21-15/h1-10,12-13,16H,11H2,(H,19,21)/t16-/m1/s1. The Labute approximate surface area is 133 Å². The number of aromatic nitrogens is 6. The van der Waals surface area contributed by atoms with Crippen LogP contribution in [0.4, 0.5) is 0 Å². The van der Waals surface area contributed by atoms with E-state index in [0.717, 1.165) is 18.1 Å². The van der Waals surface area contributed by atoms with Crippen molar-refractivity contribution in [2.75, 3.05) is 0 Å². The molecule has 1 atom stereocenters. The average Bonchev–Trinajstić information content (AvgIpc) is 3.34. The van der Waals surface area contributed by atoms with Crippen LogP contribution in [-0.4, -0.2) is 29.1 Å². The van der Waals surface area contributed by atoms with E-state index in [0.29, 0.717) is 0 Å². The van der Waals surface area contributed by atoms with Crippen molar-refractivity contribution in [2.24, 2.45) is 0 Å². The van der Waals surface area contributed by atoms with E-state index in [4.69, 9.17) is 0 Å². The number of imidazole rings is 3. The zero-order valence-corrected chi connectivity index (χ0v) is 12.4. The maximum atomic E-state index is 4.50. The molecule has 23 heavy (non-hydrogen) atoms. The number of rotatable bonds is 5. The number of nitrogens with zero attached hydrogens (tertiary/aromatic N) is 5. The highest BCUT2D eigenvalue weighted by Crippen LogP contribution is 2.26. The van der Waals surface area contributed by atoms with Crippen molar-refractivity contribution in [2.45, 2.75) is 12.6 Å². The highest BCUT2D eigenvalue weighted by Gasteiger charge is 2.18. The summed E-state index contributed by atoms with van der Waals surface area (Å²) in [5, 5.41) is 0. The fraction of sp³-hybridized carbons (Fsp3) is 0.118. The maximum absolute atomic E-state index is 4.50. The molecule has 1 aromatic carbocycles. The molecule has 0 saturated carbocycles. The van der Waals surface area contributed by atoms with E-state index in [2.05, 4.69) is 53.3 Å². The first kappa shape index (κ1) is 13.5. The first-order chi connectivity index (χ1) is 11.4. The number of hydrogen-bond donors (Lipinski definition) is 1. The van der Waals surface area contributed by atoms with E-state index in [9.17, 15) is 0 Å². The van der Waals surface area contributed by atoms with Crippen molar-refractivity contribution in [3.63, 3.8) is 0 Å². The molecular weight excluding hydrogens is 288 g/mol. The number of H-pyrrole nitrogens is 1. The summed E-state index contributed by atoms with van der Waals surface area (Å²) in [6.07, 6.45) is 12.9. The van der Waals surface area contributed by atoms with Crippen molar-refractivity contribution in [1.82, 2.24) is 29.1 Å². The normalized spacial score (nSPS) is 12.3. The van der Waals surface area contributed by atoms with E-state index in [1.54, 1.807) is 18.7 Å². The van der Waals surface area contributed by atoms with Crippen LogP contribution in [0.25, 0.3) is 11.5 Å². The Bertz CT molecular complexity index is 846. The van der Waals surface area contributed by atoms with Gasteiger partial charge < -0.3 is 14.1 Å². The van der Waals surface area contributed by atoms with Gasteiger partial charge in [0.1, 0.15) is 5.69 Å². The van der Waals surface area contributed by atoms with Crippen molar-refractivity contribution in [3.05, 3.63) is 79.5 Å². The molecule has 6 nitrogen and oxygen atoms in total. The van der Waals surface area contributed by atoms with E-state index in [-0.39, 0.29) is 6.04 Å². The van der Waals surface area contributed by atoms with Gasteiger partial charge >= 0.3 is 0 Å². The second-order valence-electron chi connectivity index (χ2n) is 5.31. The molecule has 4 rings (SSSR count). The highest BCUT2D eigenvalue weighted by atomic mass is 15.1. The van der Waals surface area contributed by atoms with Gasteiger partial charge in [-0.25, -0.2) is 15.0 Å². The molecule has 0 unspecified atom stereocenters. The van der Waals surface area contributed by atoms with Crippen LogP contribution in [0, 0.1) is 0 Å². The van der Waals surface area contributed by atoms with E-state index >= 15 is 0 Å². The predicted octanol–water partition coefficient (Wildman–Crippen LogP) is 2.76. The molecule has 0 fully saturated rings. The summed E-state index contributed by atoms with van der Waals surface area (Å²) in [7, 11) is 0. The largest absolute Gasteiger partial charge is 0.342 e. The van der Waals surface area contributed by atoms with Crippen molar-refractivity contribution in [1.29, 1.82) is 0 Å². The molecule has 0 saturated heterocycles. The Kier molecular flexibility index (Phi) is 3.48. The topological polar surface area (TPSA) is 64.3 Å². The van der Waals surface area contributed by atoms with Crippen LogP contribution < -0.4 is 0 Å². The minimum Gasteiger partial charge on any atom is -0.342 e. The quantitative estimate of drug-likeness (QED) is 0.616. The minimum atomic E-state index is 0.117. The van der Waals surface area contributed by atoms with Crippen molar-refractivity contribution >= 4 is 0 Å². The molecule has 6 heteroatoms. The third-order valence-corrected chi connectivity index (χ3v) is 3.87. The van der Waals surface area contributed by atoms with Crippen LogP contribution in [-0.2, 0) is 6.54 Å². The molecule has 0 amide bonds. The Morgan fingerprint density at radius 3 is 2.70 bits per heavy atom. The molecule has 0 bridgehead atoms. The van der Waals surface area contributed by atoms with Gasteiger partial charge in [0, 0.05) is 31.3 Å². The smallest absolute Gasteiger partial charge is 0.158 e. The van der Waals surface area contributed by atoms with Gasteiger partial charge in [-0.1, -0.05) is 30.3 Å². The molecule has 0 aliphatic rings. The predicted molar refractivity (Wildman–Crippen MR) is 86.6 cm³/mol. The van der Waals surface area contributed by atoms with E-state index in [1.165, 1.54) is 5.56 Å². The zero-order chi connectivity index (χ0) is 15.5. The molecule has 3 aromatic heterocycles. The Hall–Kier alpha value is -3.15. The molecule has 0 aliphatic heterocycles. The lowest BCUT2D eigenvalue weighted by atomic mass is 10.1. The Balaban J connectivity index is 1.78. The second kappa shape index (κ2) is 5.92. The second-order valence-corrected chi connectivity index (χ2v) is 5.31. The maximum Gasteiger partial charge on any atom is 0.158 e. The summed E-state index contributed by atoms with van der Waals surface area (Å²) in [5.41, 5.74) is 2.13. The van der Waals surface area contributed by atoms with Crippen LogP contribution in [0.3, 0.4) is 0 Å². The summed E-state index contributed by atoms with van der Waals surface area (Å²) >= 11 is 0. The summed E-state index contributed by atoms with van der Waals surface area (Å²) in [6, 6.07) is 10.5.